The van der Waals surface area contributed by atoms with Gasteiger partial charge in [0.05, 0.1) is 5.03 Å². The first-order chi connectivity index (χ1) is 9.08. The van der Waals surface area contributed by atoms with Gasteiger partial charge in [-0.2, -0.15) is 0 Å². The normalized spacial score (nSPS) is 18.2. The Kier molecular flexibility index (Phi) is 4.50. The summed E-state index contributed by atoms with van der Waals surface area (Å²) in [4.78, 5) is 24.9. The molecule has 19 heavy (non-hydrogen) atoms. The molecule has 0 saturated heterocycles. The maximum atomic E-state index is 11.6. The Morgan fingerprint density at radius 2 is 1.89 bits per heavy atom. The van der Waals surface area contributed by atoms with Crippen molar-refractivity contribution < 1.29 is 9.59 Å². The number of hydrogen-bond acceptors (Lipinski definition) is 5. The Morgan fingerprint density at radius 3 is 2.53 bits per heavy atom. The topological polar surface area (TPSA) is 37.4 Å². The minimum atomic E-state index is -0.0359. The predicted molar refractivity (Wildman–Crippen MR) is 81.6 cm³/mol. The van der Waals surface area contributed by atoms with Crippen LogP contribution >= 0.6 is 21.6 Å². The van der Waals surface area contributed by atoms with Crippen molar-refractivity contribution in [2.75, 3.05) is 4.90 Å². The molecule has 0 atom stereocenters. The molecular formula is C14H13NO2S2. The summed E-state index contributed by atoms with van der Waals surface area (Å²) in [6, 6.07) is 9.69. The van der Waals surface area contributed by atoms with Gasteiger partial charge in [-0.1, -0.05) is 18.2 Å². The zero-order valence-electron chi connectivity index (χ0n) is 10.6. The van der Waals surface area contributed by atoms with E-state index in [2.05, 4.69) is 0 Å². The molecule has 0 N–H and O–H groups in total. The SMILES string of the molecule is CC(=O)/C=C1\SSC(=O)C=C(C)N1c1ccccc1. The van der Waals surface area contributed by atoms with Crippen molar-refractivity contribution in [3.05, 3.63) is 53.2 Å². The molecule has 98 valence electrons. The zero-order chi connectivity index (χ0) is 13.8. The van der Waals surface area contributed by atoms with Gasteiger partial charge in [0.2, 0.25) is 5.12 Å². The molecule has 5 heteroatoms. The van der Waals surface area contributed by atoms with Crippen LogP contribution in [0, 0.1) is 0 Å². The highest BCUT2D eigenvalue weighted by atomic mass is 33.1. The van der Waals surface area contributed by atoms with Crippen LogP contribution in [0.1, 0.15) is 13.8 Å². The smallest absolute Gasteiger partial charge is 0.224 e. The molecular weight excluding hydrogens is 278 g/mol. The molecule has 2 rings (SSSR count). The van der Waals surface area contributed by atoms with Gasteiger partial charge < -0.3 is 4.90 Å². The van der Waals surface area contributed by atoms with Gasteiger partial charge in [-0.15, -0.1) is 0 Å². The van der Waals surface area contributed by atoms with E-state index in [0.717, 1.165) is 27.2 Å². The lowest BCUT2D eigenvalue weighted by atomic mass is 10.2. The Balaban J connectivity index is 2.50. The van der Waals surface area contributed by atoms with Crippen molar-refractivity contribution in [3.8, 4) is 0 Å². The van der Waals surface area contributed by atoms with Gasteiger partial charge in [-0.3, -0.25) is 9.59 Å². The van der Waals surface area contributed by atoms with Crippen LogP contribution in [0.25, 0.3) is 0 Å². The van der Waals surface area contributed by atoms with Gasteiger partial charge in [0, 0.05) is 23.5 Å². The molecule has 0 radical (unpaired) electrons. The van der Waals surface area contributed by atoms with Crippen LogP contribution in [0.15, 0.2) is 53.2 Å². The fourth-order valence-corrected chi connectivity index (χ4v) is 3.66. The number of carbonyl (C=O) groups excluding carboxylic acids is 2. The molecule has 1 aliphatic rings. The second kappa shape index (κ2) is 6.12. The van der Waals surface area contributed by atoms with E-state index in [0.29, 0.717) is 0 Å². The van der Waals surface area contributed by atoms with Crippen LogP contribution < -0.4 is 4.90 Å². The number of benzene rings is 1. The summed E-state index contributed by atoms with van der Waals surface area (Å²) >= 11 is 0. The van der Waals surface area contributed by atoms with Crippen LogP contribution in [-0.4, -0.2) is 10.9 Å². The summed E-state index contributed by atoms with van der Waals surface area (Å²) in [5.74, 6) is -0.0359. The average molecular weight is 291 g/mol. The summed E-state index contributed by atoms with van der Waals surface area (Å²) < 4.78 is 0. The van der Waals surface area contributed by atoms with Crippen molar-refractivity contribution in [1.82, 2.24) is 0 Å². The fourth-order valence-electron chi connectivity index (χ4n) is 1.72. The van der Waals surface area contributed by atoms with Crippen LogP contribution in [0.5, 0.6) is 0 Å². The number of carbonyl (C=O) groups is 2. The largest absolute Gasteiger partial charge is 0.308 e. The number of hydrogen-bond donors (Lipinski definition) is 0. The Hall–Kier alpha value is -1.46. The molecule has 0 saturated carbocycles. The summed E-state index contributed by atoms with van der Waals surface area (Å²) in [5.41, 5.74) is 1.74. The quantitative estimate of drug-likeness (QED) is 0.613. The van der Waals surface area contributed by atoms with Crippen LogP contribution in [0.2, 0.25) is 0 Å². The fraction of sp³-hybridized carbons (Fsp3) is 0.143. The highest BCUT2D eigenvalue weighted by molar-refractivity contribution is 8.83. The van der Waals surface area contributed by atoms with E-state index in [1.165, 1.54) is 17.7 Å². The molecule has 1 aliphatic heterocycles. The van der Waals surface area contributed by atoms with Crippen molar-refractivity contribution in [1.29, 1.82) is 0 Å². The third-order valence-corrected chi connectivity index (χ3v) is 4.54. The number of rotatable bonds is 2. The molecule has 0 amide bonds. The van der Waals surface area contributed by atoms with Gasteiger partial charge in [-0.25, -0.2) is 0 Å². The second-order valence-electron chi connectivity index (χ2n) is 4.04. The van der Waals surface area contributed by atoms with Gasteiger partial charge in [0.25, 0.3) is 0 Å². The van der Waals surface area contributed by atoms with Crippen molar-refractivity contribution >= 4 is 38.2 Å². The lowest BCUT2D eigenvalue weighted by molar-refractivity contribution is -0.112. The predicted octanol–water partition coefficient (Wildman–Crippen LogP) is 3.75. The molecule has 0 fully saturated rings. The maximum Gasteiger partial charge on any atom is 0.224 e. The average Bonchev–Trinajstić information content (AvgIpc) is 2.49. The van der Waals surface area contributed by atoms with E-state index in [-0.39, 0.29) is 10.9 Å². The lowest BCUT2D eigenvalue weighted by Gasteiger charge is -2.25. The van der Waals surface area contributed by atoms with Crippen LogP contribution in [-0.2, 0) is 9.59 Å². The molecule has 3 nitrogen and oxygen atoms in total. The van der Waals surface area contributed by atoms with E-state index in [1.54, 1.807) is 12.2 Å². The monoisotopic (exact) mass is 291 g/mol. The highest BCUT2D eigenvalue weighted by Gasteiger charge is 2.21. The molecule has 0 bridgehead atoms. The lowest BCUT2D eigenvalue weighted by Crippen LogP contribution is -2.18. The zero-order valence-corrected chi connectivity index (χ0v) is 12.3. The summed E-state index contributed by atoms with van der Waals surface area (Å²) in [6.45, 7) is 3.37. The third kappa shape index (κ3) is 3.52. The number of para-hydroxylation sites is 1. The molecule has 1 heterocycles. The first-order valence-electron chi connectivity index (χ1n) is 5.72. The Labute approximate surface area is 120 Å². The number of anilines is 1. The van der Waals surface area contributed by atoms with Crippen molar-refractivity contribution in [3.63, 3.8) is 0 Å². The number of ketones is 1. The van der Waals surface area contributed by atoms with Gasteiger partial charge in [0.1, 0.15) is 0 Å². The van der Waals surface area contributed by atoms with Crippen molar-refractivity contribution in [2.45, 2.75) is 13.8 Å². The number of nitrogens with zero attached hydrogens (tertiary/aromatic N) is 1. The minimum absolute atomic E-state index is 0.0182. The summed E-state index contributed by atoms with van der Waals surface area (Å²) in [6.07, 6.45) is 3.15. The Morgan fingerprint density at radius 1 is 1.21 bits per heavy atom. The first kappa shape index (κ1) is 14.0. The van der Waals surface area contributed by atoms with E-state index < -0.39 is 0 Å². The first-order valence-corrected chi connectivity index (χ1v) is 7.87. The molecule has 1 aromatic carbocycles. The number of allylic oxidation sites excluding steroid dienone is 2. The maximum absolute atomic E-state index is 11.6. The Bertz CT molecular complexity index is 564. The molecule has 0 aromatic heterocycles. The van der Waals surface area contributed by atoms with E-state index in [9.17, 15) is 9.59 Å². The van der Waals surface area contributed by atoms with Gasteiger partial charge >= 0.3 is 0 Å². The third-order valence-electron chi connectivity index (χ3n) is 2.45. The van der Waals surface area contributed by atoms with E-state index >= 15 is 0 Å². The summed E-state index contributed by atoms with van der Waals surface area (Å²) in [5, 5.41) is 0.735. The molecule has 1 aromatic rings. The standard InChI is InChI=1S/C14H13NO2S2/c1-10-8-14(17)19-18-13(9-11(2)16)15(10)12-6-4-3-5-7-12/h3-9H,1-2H3/b13-9-. The van der Waals surface area contributed by atoms with Gasteiger partial charge in [0.15, 0.2) is 5.78 Å². The minimum Gasteiger partial charge on any atom is -0.308 e. The molecule has 0 aliphatic carbocycles. The van der Waals surface area contributed by atoms with Gasteiger partial charge in [-0.05, 0) is 47.6 Å². The second-order valence-corrected chi connectivity index (χ2v) is 6.19. The van der Waals surface area contributed by atoms with E-state index in [1.807, 2.05) is 42.2 Å². The van der Waals surface area contributed by atoms with Crippen LogP contribution in [0.3, 0.4) is 0 Å². The summed E-state index contributed by atoms with van der Waals surface area (Å²) in [7, 11) is 2.44. The highest BCUT2D eigenvalue weighted by Crippen LogP contribution is 2.40. The molecule has 0 unspecified atom stereocenters. The van der Waals surface area contributed by atoms with Crippen LogP contribution in [0.4, 0.5) is 5.69 Å². The van der Waals surface area contributed by atoms with E-state index in [4.69, 9.17) is 0 Å². The van der Waals surface area contributed by atoms with Crippen molar-refractivity contribution in [2.24, 2.45) is 0 Å². The molecule has 0 spiro atoms.